The molecule has 2 aromatic rings. The lowest BCUT2D eigenvalue weighted by Crippen LogP contribution is -2.18. The highest BCUT2D eigenvalue weighted by molar-refractivity contribution is 6.30. The molecule has 0 saturated carbocycles. The van der Waals surface area contributed by atoms with Gasteiger partial charge in [0.2, 0.25) is 0 Å². The maximum absolute atomic E-state index is 6.04. The molecule has 0 aliphatic heterocycles. The number of aromatic nitrogens is 1. The molecule has 94 valence electrons. The molecule has 1 unspecified atom stereocenters. The molecule has 0 radical (unpaired) electrons. The molecule has 1 atom stereocenters. The van der Waals surface area contributed by atoms with Gasteiger partial charge < -0.3 is 10.1 Å². The van der Waals surface area contributed by atoms with Crippen LogP contribution in [0.5, 0.6) is 5.75 Å². The van der Waals surface area contributed by atoms with Crippen molar-refractivity contribution in [2.24, 2.45) is 0 Å². The first-order valence-electron chi connectivity index (χ1n) is 5.67. The average molecular weight is 263 g/mol. The number of hydrogen-bond donors (Lipinski definition) is 1. The largest absolute Gasteiger partial charge is 0.495 e. The van der Waals surface area contributed by atoms with Crippen LogP contribution in [0.25, 0.3) is 0 Å². The zero-order valence-corrected chi connectivity index (χ0v) is 11.1. The minimum Gasteiger partial charge on any atom is -0.495 e. The van der Waals surface area contributed by atoms with E-state index in [1.165, 1.54) is 0 Å². The number of nitrogens with zero attached hydrogens (tertiary/aromatic N) is 1. The monoisotopic (exact) mass is 262 g/mol. The van der Waals surface area contributed by atoms with Gasteiger partial charge in [0.15, 0.2) is 0 Å². The summed E-state index contributed by atoms with van der Waals surface area (Å²) in [7, 11) is 3.55. The second-order valence-electron chi connectivity index (χ2n) is 3.89. The summed E-state index contributed by atoms with van der Waals surface area (Å²) >= 11 is 6.04. The quantitative estimate of drug-likeness (QED) is 0.920. The van der Waals surface area contributed by atoms with Gasteiger partial charge in [-0.15, -0.1) is 0 Å². The van der Waals surface area contributed by atoms with E-state index in [1.807, 2.05) is 37.4 Å². The molecule has 0 spiro atoms. The molecule has 3 nitrogen and oxygen atoms in total. The molecular formula is C14H15ClN2O. The maximum Gasteiger partial charge on any atom is 0.142 e. The standard InChI is InChI=1S/C14H15ClN2O/c1-16-14(10-4-3-5-11(15)8-10)12-6-7-17-9-13(12)18-2/h3-9,14,16H,1-2H3. The van der Waals surface area contributed by atoms with Crippen molar-refractivity contribution < 1.29 is 4.74 Å². The molecule has 18 heavy (non-hydrogen) atoms. The van der Waals surface area contributed by atoms with Crippen LogP contribution in [0.2, 0.25) is 5.02 Å². The number of rotatable bonds is 4. The van der Waals surface area contributed by atoms with Crippen molar-refractivity contribution >= 4 is 11.6 Å². The van der Waals surface area contributed by atoms with Crippen LogP contribution in [0, 0.1) is 0 Å². The van der Waals surface area contributed by atoms with Gasteiger partial charge in [0.05, 0.1) is 19.3 Å². The normalized spacial score (nSPS) is 12.2. The summed E-state index contributed by atoms with van der Waals surface area (Å²) in [6.45, 7) is 0. The van der Waals surface area contributed by atoms with E-state index >= 15 is 0 Å². The SMILES string of the molecule is CNC(c1cccc(Cl)c1)c1ccncc1OC. The minimum absolute atomic E-state index is 0.0293. The summed E-state index contributed by atoms with van der Waals surface area (Å²) in [6.07, 6.45) is 3.47. The third-order valence-corrected chi connectivity index (χ3v) is 3.05. The highest BCUT2D eigenvalue weighted by atomic mass is 35.5. The molecule has 0 saturated heterocycles. The number of methoxy groups -OCH3 is 1. The molecule has 0 aliphatic carbocycles. The van der Waals surface area contributed by atoms with E-state index in [2.05, 4.69) is 10.3 Å². The predicted octanol–water partition coefficient (Wildman–Crippen LogP) is 3.05. The Hall–Kier alpha value is -1.58. The molecule has 0 amide bonds. The molecule has 0 aliphatic rings. The van der Waals surface area contributed by atoms with Crippen molar-refractivity contribution in [3.05, 3.63) is 58.9 Å². The number of halogens is 1. The Bertz CT molecular complexity index is 531. The van der Waals surface area contributed by atoms with E-state index in [0.717, 1.165) is 21.9 Å². The van der Waals surface area contributed by atoms with Crippen molar-refractivity contribution in [3.63, 3.8) is 0 Å². The van der Waals surface area contributed by atoms with Gasteiger partial charge in [0.25, 0.3) is 0 Å². The topological polar surface area (TPSA) is 34.2 Å². The van der Waals surface area contributed by atoms with Gasteiger partial charge in [-0.3, -0.25) is 4.98 Å². The van der Waals surface area contributed by atoms with E-state index in [0.29, 0.717) is 0 Å². The Kier molecular flexibility index (Phi) is 4.18. The fourth-order valence-electron chi connectivity index (χ4n) is 1.99. The van der Waals surface area contributed by atoms with Crippen LogP contribution in [-0.2, 0) is 0 Å². The molecule has 1 heterocycles. The van der Waals surface area contributed by atoms with Gasteiger partial charge in [-0.25, -0.2) is 0 Å². The van der Waals surface area contributed by atoms with Gasteiger partial charge in [-0.1, -0.05) is 23.7 Å². The molecule has 1 N–H and O–H groups in total. The van der Waals surface area contributed by atoms with Crippen LogP contribution in [0.4, 0.5) is 0 Å². The summed E-state index contributed by atoms with van der Waals surface area (Å²) < 4.78 is 5.34. The molecule has 0 bridgehead atoms. The first-order chi connectivity index (χ1) is 8.76. The van der Waals surface area contributed by atoms with Crippen molar-refractivity contribution in [2.75, 3.05) is 14.2 Å². The predicted molar refractivity (Wildman–Crippen MR) is 73.1 cm³/mol. The van der Waals surface area contributed by atoms with Gasteiger partial charge in [-0.05, 0) is 30.8 Å². The first-order valence-corrected chi connectivity index (χ1v) is 6.04. The van der Waals surface area contributed by atoms with Gasteiger partial charge >= 0.3 is 0 Å². The van der Waals surface area contributed by atoms with Crippen LogP contribution in [0.1, 0.15) is 17.2 Å². The number of hydrogen-bond acceptors (Lipinski definition) is 3. The number of nitrogens with one attached hydrogen (secondary N) is 1. The van der Waals surface area contributed by atoms with E-state index in [-0.39, 0.29) is 6.04 Å². The second-order valence-corrected chi connectivity index (χ2v) is 4.33. The summed E-state index contributed by atoms with van der Waals surface area (Å²) in [5.41, 5.74) is 2.13. The van der Waals surface area contributed by atoms with Gasteiger partial charge in [-0.2, -0.15) is 0 Å². The summed E-state index contributed by atoms with van der Waals surface area (Å²) in [5, 5.41) is 3.99. The van der Waals surface area contributed by atoms with Crippen molar-refractivity contribution in [1.29, 1.82) is 0 Å². The molecular weight excluding hydrogens is 248 g/mol. The smallest absolute Gasteiger partial charge is 0.142 e. The highest BCUT2D eigenvalue weighted by Gasteiger charge is 2.16. The second kappa shape index (κ2) is 5.85. The van der Waals surface area contributed by atoms with Gasteiger partial charge in [0, 0.05) is 16.8 Å². The van der Waals surface area contributed by atoms with E-state index in [9.17, 15) is 0 Å². The molecule has 1 aromatic heterocycles. The zero-order valence-electron chi connectivity index (χ0n) is 10.4. The summed E-state index contributed by atoms with van der Waals surface area (Å²) in [5.74, 6) is 0.761. The highest BCUT2D eigenvalue weighted by Crippen LogP contribution is 2.29. The molecule has 1 aromatic carbocycles. The Labute approximate surface area is 112 Å². The molecule has 4 heteroatoms. The Morgan fingerprint density at radius 1 is 1.33 bits per heavy atom. The van der Waals surface area contributed by atoms with E-state index < -0.39 is 0 Å². The van der Waals surface area contributed by atoms with Crippen LogP contribution in [0.3, 0.4) is 0 Å². The van der Waals surface area contributed by atoms with Crippen LogP contribution in [-0.4, -0.2) is 19.1 Å². The van der Waals surface area contributed by atoms with E-state index in [4.69, 9.17) is 16.3 Å². The summed E-state index contributed by atoms with van der Waals surface area (Å²) in [4.78, 5) is 4.07. The Morgan fingerprint density at radius 3 is 2.83 bits per heavy atom. The molecule has 0 fully saturated rings. The van der Waals surface area contributed by atoms with Crippen molar-refractivity contribution in [2.45, 2.75) is 6.04 Å². The number of ether oxygens (including phenoxy) is 1. The van der Waals surface area contributed by atoms with Crippen molar-refractivity contribution in [3.8, 4) is 5.75 Å². The number of benzene rings is 1. The third kappa shape index (κ3) is 2.63. The number of pyridine rings is 1. The Morgan fingerprint density at radius 2 is 2.17 bits per heavy atom. The van der Waals surface area contributed by atoms with Crippen LogP contribution in [0.15, 0.2) is 42.7 Å². The van der Waals surface area contributed by atoms with Crippen LogP contribution < -0.4 is 10.1 Å². The van der Waals surface area contributed by atoms with Crippen molar-refractivity contribution in [1.82, 2.24) is 10.3 Å². The average Bonchev–Trinajstić information content (AvgIpc) is 2.40. The van der Waals surface area contributed by atoms with Gasteiger partial charge in [0.1, 0.15) is 5.75 Å². The fourth-order valence-corrected chi connectivity index (χ4v) is 2.19. The zero-order chi connectivity index (χ0) is 13.0. The van der Waals surface area contributed by atoms with Crippen LogP contribution >= 0.6 is 11.6 Å². The van der Waals surface area contributed by atoms with E-state index in [1.54, 1.807) is 19.5 Å². The lowest BCUT2D eigenvalue weighted by molar-refractivity contribution is 0.403. The molecule has 2 rings (SSSR count). The lowest BCUT2D eigenvalue weighted by Gasteiger charge is -2.19. The minimum atomic E-state index is 0.0293. The Balaban J connectivity index is 2.45. The third-order valence-electron chi connectivity index (χ3n) is 2.82. The summed E-state index contributed by atoms with van der Waals surface area (Å²) in [6, 6.07) is 9.76. The first kappa shape index (κ1) is 12.9. The lowest BCUT2D eigenvalue weighted by atomic mass is 9.99. The maximum atomic E-state index is 6.04. The fraction of sp³-hybridized carbons (Fsp3) is 0.214.